The lowest BCUT2D eigenvalue weighted by atomic mass is 10.2. The second-order valence-electron chi connectivity index (χ2n) is 3.90. The molecule has 0 fully saturated rings. The average Bonchev–Trinajstić information content (AvgIpc) is 2.79. The highest BCUT2D eigenvalue weighted by atomic mass is 32.2. The summed E-state index contributed by atoms with van der Waals surface area (Å²) in [7, 11) is -3.73. The summed E-state index contributed by atoms with van der Waals surface area (Å²) in [6.45, 7) is 1.80. The summed E-state index contributed by atoms with van der Waals surface area (Å²) in [4.78, 5) is 0.0767. The third-order valence-corrected chi connectivity index (χ3v) is 4.88. The molecule has 0 spiro atoms. The Morgan fingerprint density at radius 2 is 2.11 bits per heavy atom. The molecule has 0 saturated carbocycles. The number of nitrogens with zero attached hydrogens (tertiary/aromatic N) is 1. The Kier molecular flexibility index (Phi) is 3.46. The summed E-state index contributed by atoms with van der Waals surface area (Å²) in [6.07, 6.45) is 0. The molecule has 0 aliphatic rings. The van der Waals surface area contributed by atoms with Gasteiger partial charge in [0.15, 0.2) is 0 Å². The van der Waals surface area contributed by atoms with E-state index in [-0.39, 0.29) is 4.90 Å². The highest BCUT2D eigenvalue weighted by Gasteiger charge is 2.17. The van der Waals surface area contributed by atoms with Gasteiger partial charge in [0.2, 0.25) is 0 Å². The van der Waals surface area contributed by atoms with Crippen molar-refractivity contribution in [3.8, 4) is 6.07 Å². The highest BCUT2D eigenvalue weighted by Crippen LogP contribution is 2.26. The van der Waals surface area contributed by atoms with Crippen molar-refractivity contribution in [3.05, 3.63) is 40.8 Å². The number of hydrogen-bond acceptors (Lipinski definition) is 5. The Labute approximate surface area is 115 Å². The van der Waals surface area contributed by atoms with E-state index < -0.39 is 10.0 Å². The van der Waals surface area contributed by atoms with E-state index in [1.807, 2.05) is 6.07 Å². The van der Waals surface area contributed by atoms with Gasteiger partial charge in [-0.1, -0.05) is 6.07 Å². The molecule has 98 valence electrons. The van der Waals surface area contributed by atoms with E-state index >= 15 is 0 Å². The van der Waals surface area contributed by atoms with Crippen LogP contribution in [0.15, 0.2) is 34.5 Å². The maximum absolute atomic E-state index is 12.2. The number of nitrogen functional groups attached to an aromatic ring is 1. The van der Waals surface area contributed by atoms with Crippen LogP contribution in [0.5, 0.6) is 0 Å². The third-order valence-electron chi connectivity index (χ3n) is 2.57. The number of hydrogen-bond donors (Lipinski definition) is 2. The van der Waals surface area contributed by atoms with Gasteiger partial charge >= 0.3 is 0 Å². The molecule has 0 amide bonds. The van der Waals surface area contributed by atoms with Crippen molar-refractivity contribution in [2.24, 2.45) is 0 Å². The van der Waals surface area contributed by atoms with Crippen molar-refractivity contribution in [2.45, 2.75) is 11.8 Å². The van der Waals surface area contributed by atoms with Crippen LogP contribution in [0.4, 0.5) is 10.7 Å². The van der Waals surface area contributed by atoms with Gasteiger partial charge in [-0.15, -0.1) is 11.3 Å². The fourth-order valence-corrected chi connectivity index (χ4v) is 3.55. The lowest BCUT2D eigenvalue weighted by Crippen LogP contribution is -2.13. The molecule has 0 aliphatic heterocycles. The first-order valence-electron chi connectivity index (χ1n) is 5.30. The molecule has 0 aliphatic carbocycles. The van der Waals surface area contributed by atoms with Gasteiger partial charge in [0.1, 0.15) is 11.1 Å². The summed E-state index contributed by atoms with van der Waals surface area (Å²) in [5.74, 6) is 0. The number of nitriles is 1. The molecule has 2 aromatic rings. The van der Waals surface area contributed by atoms with Gasteiger partial charge in [0, 0.05) is 5.69 Å². The molecular weight excluding hydrogens is 282 g/mol. The Morgan fingerprint density at radius 1 is 1.37 bits per heavy atom. The predicted molar refractivity (Wildman–Crippen MR) is 75.4 cm³/mol. The zero-order chi connectivity index (χ0) is 14.0. The summed E-state index contributed by atoms with van der Waals surface area (Å²) in [6, 6.07) is 8.01. The fraction of sp³-hybridized carbons (Fsp3) is 0.0833. The fourth-order valence-electron chi connectivity index (χ4n) is 1.44. The van der Waals surface area contributed by atoms with Crippen LogP contribution in [0.3, 0.4) is 0 Å². The molecule has 0 bridgehead atoms. The van der Waals surface area contributed by atoms with Gasteiger partial charge in [-0.3, -0.25) is 4.72 Å². The molecule has 0 radical (unpaired) electrons. The summed E-state index contributed by atoms with van der Waals surface area (Å²) in [5.41, 5.74) is 7.23. The Bertz CT molecular complexity index is 758. The monoisotopic (exact) mass is 293 g/mol. The van der Waals surface area contributed by atoms with Crippen molar-refractivity contribution in [1.29, 1.82) is 5.26 Å². The number of aryl methyl sites for hydroxylation is 1. The lowest BCUT2D eigenvalue weighted by molar-refractivity contribution is 0.601. The zero-order valence-corrected chi connectivity index (χ0v) is 11.7. The van der Waals surface area contributed by atoms with Gasteiger partial charge in [-0.05, 0) is 36.1 Å². The Morgan fingerprint density at radius 3 is 2.74 bits per heavy atom. The minimum Gasteiger partial charge on any atom is -0.398 e. The molecular formula is C12H11N3O2S2. The summed E-state index contributed by atoms with van der Waals surface area (Å²) < 4.78 is 26.7. The summed E-state index contributed by atoms with van der Waals surface area (Å²) >= 11 is 1.16. The number of nitrogens with two attached hydrogens (primary N) is 1. The molecule has 5 nitrogen and oxygen atoms in total. The molecule has 7 heteroatoms. The topological polar surface area (TPSA) is 96.0 Å². The van der Waals surface area contributed by atoms with E-state index in [2.05, 4.69) is 4.72 Å². The van der Waals surface area contributed by atoms with Crippen LogP contribution >= 0.6 is 11.3 Å². The Balaban J connectivity index is 2.38. The average molecular weight is 293 g/mol. The van der Waals surface area contributed by atoms with Crippen LogP contribution in [0.25, 0.3) is 0 Å². The second-order valence-corrected chi connectivity index (χ2v) is 6.50. The first kappa shape index (κ1) is 13.4. The molecule has 3 N–H and O–H groups in total. The number of sulfonamides is 1. The van der Waals surface area contributed by atoms with Crippen molar-refractivity contribution in [3.63, 3.8) is 0 Å². The minimum atomic E-state index is -3.73. The van der Waals surface area contributed by atoms with Gasteiger partial charge in [-0.25, -0.2) is 8.42 Å². The van der Waals surface area contributed by atoms with Crippen LogP contribution in [-0.2, 0) is 10.0 Å². The maximum Gasteiger partial charge on any atom is 0.262 e. The molecule has 1 aromatic heterocycles. The molecule has 0 atom stereocenters. The van der Waals surface area contributed by atoms with E-state index in [4.69, 9.17) is 11.0 Å². The number of rotatable bonds is 3. The van der Waals surface area contributed by atoms with E-state index in [0.29, 0.717) is 16.3 Å². The van der Waals surface area contributed by atoms with Crippen molar-refractivity contribution >= 4 is 32.0 Å². The van der Waals surface area contributed by atoms with Gasteiger partial charge in [0.05, 0.1) is 10.5 Å². The first-order valence-corrected chi connectivity index (χ1v) is 7.67. The highest BCUT2D eigenvalue weighted by molar-refractivity contribution is 7.93. The van der Waals surface area contributed by atoms with Crippen molar-refractivity contribution < 1.29 is 8.42 Å². The SMILES string of the molecule is Cc1ccc(S(=O)(=O)Nc2sccc2C#N)cc1N. The predicted octanol–water partition coefficient (Wildman–Crippen LogP) is 2.31. The number of benzene rings is 1. The number of anilines is 2. The second kappa shape index (κ2) is 4.91. The minimum absolute atomic E-state index is 0.0767. The molecule has 0 unspecified atom stereocenters. The van der Waals surface area contributed by atoms with Crippen molar-refractivity contribution in [1.82, 2.24) is 0 Å². The van der Waals surface area contributed by atoms with Crippen LogP contribution in [0.2, 0.25) is 0 Å². The van der Waals surface area contributed by atoms with Gasteiger partial charge in [-0.2, -0.15) is 5.26 Å². The van der Waals surface area contributed by atoms with Crippen LogP contribution < -0.4 is 10.5 Å². The Hall–Kier alpha value is -2.04. The smallest absolute Gasteiger partial charge is 0.262 e. The maximum atomic E-state index is 12.2. The van der Waals surface area contributed by atoms with E-state index in [1.54, 1.807) is 24.4 Å². The van der Waals surface area contributed by atoms with Crippen LogP contribution in [0.1, 0.15) is 11.1 Å². The molecule has 2 rings (SSSR count). The first-order chi connectivity index (χ1) is 8.94. The number of thiophene rings is 1. The molecule has 0 saturated heterocycles. The normalized spacial score (nSPS) is 10.9. The molecule has 19 heavy (non-hydrogen) atoms. The quantitative estimate of drug-likeness (QED) is 0.849. The van der Waals surface area contributed by atoms with Crippen LogP contribution in [0, 0.1) is 18.3 Å². The molecule has 1 heterocycles. The zero-order valence-electron chi connectivity index (χ0n) is 10.0. The number of nitrogens with one attached hydrogen (secondary N) is 1. The standard InChI is InChI=1S/C12H11N3O2S2/c1-8-2-3-10(6-11(8)14)19(16,17)15-12-9(7-13)4-5-18-12/h2-6,15H,14H2,1H3. The van der Waals surface area contributed by atoms with E-state index in [9.17, 15) is 8.42 Å². The third kappa shape index (κ3) is 2.70. The van der Waals surface area contributed by atoms with E-state index in [0.717, 1.165) is 16.9 Å². The summed E-state index contributed by atoms with van der Waals surface area (Å²) in [5, 5.41) is 10.8. The van der Waals surface area contributed by atoms with Crippen LogP contribution in [-0.4, -0.2) is 8.42 Å². The van der Waals surface area contributed by atoms with E-state index in [1.165, 1.54) is 12.1 Å². The van der Waals surface area contributed by atoms with Gasteiger partial charge < -0.3 is 5.73 Å². The van der Waals surface area contributed by atoms with Crippen molar-refractivity contribution in [2.75, 3.05) is 10.5 Å². The van der Waals surface area contributed by atoms with Gasteiger partial charge in [0.25, 0.3) is 10.0 Å². The molecule has 1 aromatic carbocycles. The lowest BCUT2D eigenvalue weighted by Gasteiger charge is -2.08. The largest absolute Gasteiger partial charge is 0.398 e.